The highest BCUT2D eigenvalue weighted by atomic mass is 15.5. The van der Waals surface area contributed by atoms with Gasteiger partial charge in [0.25, 0.3) is 0 Å². The Labute approximate surface area is 182 Å². The van der Waals surface area contributed by atoms with Crippen LogP contribution < -0.4 is 0 Å². The van der Waals surface area contributed by atoms with E-state index in [1.165, 1.54) is 18.4 Å². The molecule has 0 saturated carbocycles. The molecule has 2 heterocycles. The maximum Gasteiger partial charge on any atom is 0.180 e. The summed E-state index contributed by atoms with van der Waals surface area (Å²) in [7, 11) is 0. The van der Waals surface area contributed by atoms with E-state index in [2.05, 4.69) is 69.5 Å². The zero-order valence-electron chi connectivity index (χ0n) is 18.3. The average Bonchev–Trinajstić information content (AvgIpc) is 3.46. The molecule has 4 aromatic rings. The summed E-state index contributed by atoms with van der Waals surface area (Å²) >= 11 is 0. The zero-order chi connectivity index (χ0) is 21.5. The quantitative estimate of drug-likeness (QED) is 0.374. The Morgan fingerprint density at radius 3 is 2.42 bits per heavy atom. The van der Waals surface area contributed by atoms with Crippen LogP contribution in [-0.2, 0) is 19.4 Å². The van der Waals surface area contributed by atoms with Crippen molar-refractivity contribution >= 4 is 0 Å². The Morgan fingerprint density at radius 2 is 1.71 bits per heavy atom. The number of nitrogens with one attached hydrogen (secondary N) is 1. The topological polar surface area (TPSA) is 85.2 Å². The molecule has 2 aromatic carbocycles. The van der Waals surface area contributed by atoms with Crippen molar-refractivity contribution in [1.82, 2.24) is 35.4 Å². The van der Waals surface area contributed by atoms with Crippen molar-refractivity contribution in [2.45, 2.75) is 58.9 Å². The molecule has 4 rings (SSSR count). The molecule has 7 heteroatoms. The highest BCUT2D eigenvalue weighted by Gasteiger charge is 2.12. The van der Waals surface area contributed by atoms with Crippen LogP contribution >= 0.6 is 0 Å². The van der Waals surface area contributed by atoms with Gasteiger partial charge in [0.2, 0.25) is 0 Å². The van der Waals surface area contributed by atoms with Gasteiger partial charge in [0.15, 0.2) is 11.6 Å². The zero-order valence-corrected chi connectivity index (χ0v) is 18.3. The minimum Gasteiger partial charge on any atom is -0.249 e. The van der Waals surface area contributed by atoms with E-state index in [9.17, 15) is 0 Å². The standard InChI is InChI=1S/C24H29N7/c1-3-5-6-11-22-25-23(31(28-22)16-4-2)17-18-12-14-19(15-13-18)20-9-7-8-10-21(20)24-26-29-30-27-24/h7-10,12-15H,3-6,11,16-17H2,1-2H3,(H,26,27,29,30). The van der Waals surface area contributed by atoms with Gasteiger partial charge < -0.3 is 0 Å². The van der Waals surface area contributed by atoms with Crippen LogP contribution in [0.4, 0.5) is 0 Å². The van der Waals surface area contributed by atoms with Crippen LogP contribution in [0.15, 0.2) is 48.5 Å². The molecule has 0 saturated heterocycles. The lowest BCUT2D eigenvalue weighted by atomic mass is 9.98. The smallest absolute Gasteiger partial charge is 0.180 e. The van der Waals surface area contributed by atoms with Gasteiger partial charge in [-0.3, -0.25) is 0 Å². The van der Waals surface area contributed by atoms with E-state index in [-0.39, 0.29) is 0 Å². The van der Waals surface area contributed by atoms with Crippen molar-refractivity contribution in [1.29, 1.82) is 0 Å². The molecule has 1 N–H and O–H groups in total. The summed E-state index contributed by atoms with van der Waals surface area (Å²) < 4.78 is 2.08. The van der Waals surface area contributed by atoms with E-state index < -0.39 is 0 Å². The number of tetrazole rings is 1. The van der Waals surface area contributed by atoms with Crippen LogP contribution in [0.2, 0.25) is 0 Å². The molecular formula is C24H29N7. The fourth-order valence-electron chi connectivity index (χ4n) is 3.79. The molecule has 0 aliphatic rings. The molecule has 0 bridgehead atoms. The molecule has 0 fully saturated rings. The monoisotopic (exact) mass is 415 g/mol. The fraction of sp³-hybridized carbons (Fsp3) is 0.375. The summed E-state index contributed by atoms with van der Waals surface area (Å²) in [5.74, 6) is 2.69. The van der Waals surface area contributed by atoms with Crippen molar-refractivity contribution in [3.8, 4) is 22.5 Å². The normalized spacial score (nSPS) is 11.2. The second kappa shape index (κ2) is 10.1. The summed E-state index contributed by atoms with van der Waals surface area (Å²) in [4.78, 5) is 4.85. The second-order valence-electron chi connectivity index (χ2n) is 7.79. The number of hydrogen-bond donors (Lipinski definition) is 1. The third-order valence-electron chi connectivity index (χ3n) is 5.39. The van der Waals surface area contributed by atoms with E-state index in [4.69, 9.17) is 10.1 Å². The molecule has 0 aliphatic carbocycles. The largest absolute Gasteiger partial charge is 0.249 e. The van der Waals surface area contributed by atoms with E-state index in [0.717, 1.165) is 60.6 Å². The summed E-state index contributed by atoms with van der Waals surface area (Å²) in [6, 6.07) is 16.8. The number of rotatable bonds is 10. The summed E-state index contributed by atoms with van der Waals surface area (Å²) in [5, 5.41) is 19.1. The lowest BCUT2D eigenvalue weighted by molar-refractivity contribution is 0.568. The SMILES string of the molecule is CCCCCc1nc(Cc2ccc(-c3ccccc3-c3nnn[nH]3)cc2)n(CCC)n1. The number of aryl methyl sites for hydroxylation is 2. The molecule has 0 atom stereocenters. The summed E-state index contributed by atoms with van der Waals surface area (Å²) in [6.45, 7) is 5.31. The van der Waals surface area contributed by atoms with Gasteiger partial charge in [-0.2, -0.15) is 5.10 Å². The van der Waals surface area contributed by atoms with E-state index in [1.807, 2.05) is 18.2 Å². The van der Waals surface area contributed by atoms with E-state index in [0.29, 0.717) is 5.82 Å². The van der Waals surface area contributed by atoms with Gasteiger partial charge in [-0.1, -0.05) is 75.2 Å². The molecule has 2 aromatic heterocycles. The minimum absolute atomic E-state index is 0.669. The van der Waals surface area contributed by atoms with Gasteiger partial charge >= 0.3 is 0 Å². The van der Waals surface area contributed by atoms with Gasteiger partial charge in [-0.15, -0.1) is 5.10 Å². The Kier molecular flexibility index (Phi) is 6.82. The van der Waals surface area contributed by atoms with Crippen molar-refractivity contribution in [2.75, 3.05) is 0 Å². The molecule has 0 unspecified atom stereocenters. The predicted molar refractivity (Wildman–Crippen MR) is 121 cm³/mol. The van der Waals surface area contributed by atoms with Crippen molar-refractivity contribution in [2.24, 2.45) is 0 Å². The third kappa shape index (κ3) is 5.05. The number of nitrogens with zero attached hydrogens (tertiary/aromatic N) is 6. The molecule has 7 nitrogen and oxygen atoms in total. The Bertz CT molecular complexity index is 1080. The van der Waals surface area contributed by atoms with Crippen molar-refractivity contribution < 1.29 is 0 Å². The lowest BCUT2D eigenvalue weighted by Crippen LogP contribution is -2.06. The van der Waals surface area contributed by atoms with Gasteiger partial charge in [-0.25, -0.2) is 14.8 Å². The first-order chi connectivity index (χ1) is 15.3. The van der Waals surface area contributed by atoms with Gasteiger partial charge in [-0.05, 0) is 40.0 Å². The first-order valence-corrected chi connectivity index (χ1v) is 11.1. The molecular weight excluding hydrogens is 386 g/mol. The van der Waals surface area contributed by atoms with Crippen LogP contribution in [0.3, 0.4) is 0 Å². The van der Waals surface area contributed by atoms with Crippen LogP contribution in [-0.4, -0.2) is 35.4 Å². The molecule has 0 amide bonds. The first-order valence-electron chi connectivity index (χ1n) is 11.1. The number of benzene rings is 2. The average molecular weight is 416 g/mol. The summed E-state index contributed by atoms with van der Waals surface area (Å²) in [5.41, 5.74) is 4.44. The lowest BCUT2D eigenvalue weighted by Gasteiger charge is -2.09. The number of H-pyrrole nitrogens is 1. The second-order valence-corrected chi connectivity index (χ2v) is 7.79. The van der Waals surface area contributed by atoms with E-state index in [1.54, 1.807) is 0 Å². The molecule has 0 spiro atoms. The number of aromatic amines is 1. The van der Waals surface area contributed by atoms with Crippen molar-refractivity contribution in [3.63, 3.8) is 0 Å². The fourth-order valence-corrected chi connectivity index (χ4v) is 3.79. The molecule has 0 aliphatic heterocycles. The highest BCUT2D eigenvalue weighted by Crippen LogP contribution is 2.30. The summed E-state index contributed by atoms with van der Waals surface area (Å²) in [6.07, 6.45) is 6.39. The van der Waals surface area contributed by atoms with Crippen LogP contribution in [0, 0.1) is 0 Å². The Balaban J connectivity index is 1.53. The molecule has 31 heavy (non-hydrogen) atoms. The molecule has 160 valence electrons. The maximum atomic E-state index is 4.85. The number of hydrogen-bond acceptors (Lipinski definition) is 5. The Morgan fingerprint density at radius 1 is 0.903 bits per heavy atom. The predicted octanol–water partition coefficient (Wildman–Crippen LogP) is 4.86. The number of unbranched alkanes of at least 4 members (excludes halogenated alkanes) is 2. The van der Waals surface area contributed by atoms with Crippen LogP contribution in [0.5, 0.6) is 0 Å². The van der Waals surface area contributed by atoms with E-state index >= 15 is 0 Å². The van der Waals surface area contributed by atoms with Crippen LogP contribution in [0.1, 0.15) is 56.7 Å². The number of aromatic nitrogens is 7. The first kappa shape index (κ1) is 20.9. The van der Waals surface area contributed by atoms with Gasteiger partial charge in [0.05, 0.1) is 0 Å². The minimum atomic E-state index is 0.669. The third-order valence-corrected chi connectivity index (χ3v) is 5.39. The van der Waals surface area contributed by atoms with Crippen LogP contribution in [0.25, 0.3) is 22.5 Å². The molecule has 0 radical (unpaired) electrons. The van der Waals surface area contributed by atoms with Gasteiger partial charge in [0.1, 0.15) is 5.82 Å². The maximum absolute atomic E-state index is 4.85. The highest BCUT2D eigenvalue weighted by molar-refractivity contribution is 5.80. The van der Waals surface area contributed by atoms with Crippen molar-refractivity contribution in [3.05, 3.63) is 65.7 Å². The Hall–Kier alpha value is -3.35. The van der Waals surface area contributed by atoms with Gasteiger partial charge in [0, 0.05) is 24.9 Å².